The van der Waals surface area contributed by atoms with Gasteiger partial charge < -0.3 is 9.73 Å². The van der Waals surface area contributed by atoms with Crippen LogP contribution in [0.3, 0.4) is 0 Å². The molecule has 0 radical (unpaired) electrons. The number of anilines is 1. The molecule has 0 aliphatic carbocycles. The molecule has 102 valence electrons. The van der Waals surface area contributed by atoms with E-state index in [0.717, 1.165) is 28.9 Å². The van der Waals surface area contributed by atoms with Crippen LogP contribution in [0.5, 0.6) is 0 Å². The van der Waals surface area contributed by atoms with Crippen LogP contribution in [0, 0.1) is 0 Å². The number of nitrogens with one attached hydrogen (secondary N) is 1. The second kappa shape index (κ2) is 5.51. The maximum absolute atomic E-state index is 5.97. The standard InChI is InChI=1S/C15H14ClN3O/c1-10(9-11-5-4-8-20-11)17-14-12-6-2-3-7-13(12)18-15(16)19-14/h2-8,10H,9H2,1H3,(H,17,18,19). The Morgan fingerprint density at radius 3 is 2.85 bits per heavy atom. The second-order valence-corrected chi connectivity index (χ2v) is 5.03. The van der Waals surface area contributed by atoms with Crippen molar-refractivity contribution in [2.75, 3.05) is 5.32 Å². The summed E-state index contributed by atoms with van der Waals surface area (Å²) in [6.07, 6.45) is 2.46. The summed E-state index contributed by atoms with van der Waals surface area (Å²) >= 11 is 5.97. The van der Waals surface area contributed by atoms with E-state index in [0.29, 0.717) is 0 Å². The first-order chi connectivity index (χ1) is 9.72. The van der Waals surface area contributed by atoms with Gasteiger partial charge >= 0.3 is 0 Å². The number of halogens is 1. The highest BCUT2D eigenvalue weighted by molar-refractivity contribution is 6.28. The number of aromatic nitrogens is 2. The van der Waals surface area contributed by atoms with Gasteiger partial charge in [0, 0.05) is 17.8 Å². The molecule has 0 amide bonds. The van der Waals surface area contributed by atoms with E-state index in [9.17, 15) is 0 Å². The Morgan fingerprint density at radius 2 is 2.05 bits per heavy atom. The molecule has 0 saturated carbocycles. The van der Waals surface area contributed by atoms with Crippen molar-refractivity contribution in [2.24, 2.45) is 0 Å². The lowest BCUT2D eigenvalue weighted by Crippen LogP contribution is -2.19. The molecule has 2 heterocycles. The van der Waals surface area contributed by atoms with Crippen LogP contribution in [0.1, 0.15) is 12.7 Å². The highest BCUT2D eigenvalue weighted by Gasteiger charge is 2.10. The molecule has 1 unspecified atom stereocenters. The zero-order valence-corrected chi connectivity index (χ0v) is 11.8. The van der Waals surface area contributed by atoms with Gasteiger partial charge in [-0.1, -0.05) is 12.1 Å². The van der Waals surface area contributed by atoms with Crippen molar-refractivity contribution < 1.29 is 4.42 Å². The molecule has 3 aromatic rings. The molecule has 0 bridgehead atoms. The average molecular weight is 288 g/mol. The number of hydrogen-bond acceptors (Lipinski definition) is 4. The smallest absolute Gasteiger partial charge is 0.224 e. The quantitative estimate of drug-likeness (QED) is 0.739. The number of para-hydroxylation sites is 1. The SMILES string of the molecule is CC(Cc1ccco1)Nc1nc(Cl)nc2ccccc12. The molecule has 3 rings (SSSR count). The van der Waals surface area contributed by atoms with Crippen LogP contribution < -0.4 is 5.32 Å². The highest BCUT2D eigenvalue weighted by Crippen LogP contribution is 2.22. The molecular formula is C15H14ClN3O. The Kier molecular flexibility index (Phi) is 3.56. The van der Waals surface area contributed by atoms with Crippen molar-refractivity contribution in [3.8, 4) is 0 Å². The molecule has 1 N–H and O–H groups in total. The topological polar surface area (TPSA) is 51.0 Å². The van der Waals surface area contributed by atoms with E-state index in [1.807, 2.05) is 36.4 Å². The Hall–Kier alpha value is -2.07. The predicted molar refractivity (Wildman–Crippen MR) is 80.0 cm³/mol. The summed E-state index contributed by atoms with van der Waals surface area (Å²) in [6.45, 7) is 2.08. The number of furan rings is 1. The van der Waals surface area contributed by atoms with Crippen molar-refractivity contribution >= 4 is 28.3 Å². The van der Waals surface area contributed by atoms with Gasteiger partial charge in [0.15, 0.2) is 0 Å². The van der Waals surface area contributed by atoms with Gasteiger partial charge in [0.05, 0.1) is 11.8 Å². The Labute approximate surface area is 121 Å². The Morgan fingerprint density at radius 1 is 1.20 bits per heavy atom. The first-order valence-corrected chi connectivity index (χ1v) is 6.81. The van der Waals surface area contributed by atoms with E-state index in [1.165, 1.54) is 0 Å². The monoisotopic (exact) mass is 287 g/mol. The maximum atomic E-state index is 5.97. The van der Waals surface area contributed by atoms with E-state index in [-0.39, 0.29) is 11.3 Å². The lowest BCUT2D eigenvalue weighted by atomic mass is 10.2. The molecule has 2 aromatic heterocycles. The summed E-state index contributed by atoms with van der Waals surface area (Å²) in [7, 11) is 0. The third kappa shape index (κ3) is 2.75. The normalized spacial score (nSPS) is 12.5. The number of fused-ring (bicyclic) bond motifs is 1. The fourth-order valence-corrected chi connectivity index (χ4v) is 2.35. The number of rotatable bonds is 4. The average Bonchev–Trinajstić information content (AvgIpc) is 2.91. The molecule has 5 heteroatoms. The van der Waals surface area contributed by atoms with Crippen LogP contribution in [-0.4, -0.2) is 16.0 Å². The second-order valence-electron chi connectivity index (χ2n) is 4.69. The predicted octanol–water partition coefficient (Wildman–Crippen LogP) is 3.92. The molecule has 0 fully saturated rings. The lowest BCUT2D eigenvalue weighted by Gasteiger charge is -2.15. The third-order valence-electron chi connectivity index (χ3n) is 3.05. The van der Waals surface area contributed by atoms with E-state index in [4.69, 9.17) is 16.0 Å². The van der Waals surface area contributed by atoms with E-state index in [1.54, 1.807) is 6.26 Å². The van der Waals surface area contributed by atoms with Gasteiger partial charge in [0.1, 0.15) is 11.6 Å². The van der Waals surface area contributed by atoms with E-state index >= 15 is 0 Å². The van der Waals surface area contributed by atoms with Gasteiger partial charge in [-0.2, -0.15) is 0 Å². The van der Waals surface area contributed by atoms with Gasteiger partial charge in [-0.3, -0.25) is 0 Å². The summed E-state index contributed by atoms with van der Waals surface area (Å²) in [5.74, 6) is 1.69. The zero-order chi connectivity index (χ0) is 13.9. The minimum Gasteiger partial charge on any atom is -0.469 e. The zero-order valence-electron chi connectivity index (χ0n) is 11.0. The van der Waals surface area contributed by atoms with Crippen molar-refractivity contribution in [2.45, 2.75) is 19.4 Å². The number of hydrogen-bond donors (Lipinski definition) is 1. The van der Waals surface area contributed by atoms with Crippen molar-refractivity contribution in [1.82, 2.24) is 9.97 Å². The molecule has 0 saturated heterocycles. The first-order valence-electron chi connectivity index (χ1n) is 6.43. The van der Waals surface area contributed by atoms with Gasteiger partial charge in [0.25, 0.3) is 0 Å². The minimum atomic E-state index is 0.176. The Balaban J connectivity index is 1.86. The van der Waals surface area contributed by atoms with E-state index < -0.39 is 0 Å². The van der Waals surface area contributed by atoms with Crippen LogP contribution in [0.4, 0.5) is 5.82 Å². The third-order valence-corrected chi connectivity index (χ3v) is 3.22. The summed E-state index contributed by atoms with van der Waals surface area (Å²) in [6, 6.07) is 11.8. The van der Waals surface area contributed by atoms with Crippen molar-refractivity contribution in [3.05, 3.63) is 53.7 Å². The van der Waals surface area contributed by atoms with Crippen LogP contribution in [0.15, 0.2) is 47.1 Å². The molecule has 4 nitrogen and oxygen atoms in total. The summed E-state index contributed by atoms with van der Waals surface area (Å²) < 4.78 is 5.35. The lowest BCUT2D eigenvalue weighted by molar-refractivity contribution is 0.497. The van der Waals surface area contributed by atoms with Crippen molar-refractivity contribution in [3.63, 3.8) is 0 Å². The molecular weight excluding hydrogens is 274 g/mol. The molecule has 0 aliphatic heterocycles. The fourth-order valence-electron chi connectivity index (χ4n) is 2.17. The molecule has 0 spiro atoms. The van der Waals surface area contributed by atoms with Crippen molar-refractivity contribution in [1.29, 1.82) is 0 Å². The highest BCUT2D eigenvalue weighted by atomic mass is 35.5. The van der Waals surface area contributed by atoms with Crippen LogP contribution in [-0.2, 0) is 6.42 Å². The Bertz CT molecular complexity index is 712. The van der Waals surface area contributed by atoms with Gasteiger partial charge in [-0.15, -0.1) is 0 Å². The van der Waals surface area contributed by atoms with Crippen LogP contribution in [0.2, 0.25) is 5.28 Å². The molecule has 1 aromatic carbocycles. The largest absolute Gasteiger partial charge is 0.469 e. The summed E-state index contributed by atoms with van der Waals surface area (Å²) in [5.41, 5.74) is 0.834. The first kappa shape index (κ1) is 12.9. The molecule has 20 heavy (non-hydrogen) atoms. The molecule has 0 aliphatic rings. The molecule has 1 atom stereocenters. The van der Waals surface area contributed by atoms with E-state index in [2.05, 4.69) is 22.2 Å². The number of benzene rings is 1. The van der Waals surface area contributed by atoms with Gasteiger partial charge in [0.2, 0.25) is 5.28 Å². The fraction of sp³-hybridized carbons (Fsp3) is 0.200. The van der Waals surface area contributed by atoms with Crippen LogP contribution in [0.25, 0.3) is 10.9 Å². The summed E-state index contributed by atoms with van der Waals surface area (Å²) in [5, 5.41) is 4.58. The van der Waals surface area contributed by atoms with Gasteiger partial charge in [-0.05, 0) is 42.8 Å². The van der Waals surface area contributed by atoms with Gasteiger partial charge in [-0.25, -0.2) is 9.97 Å². The van der Waals surface area contributed by atoms with Crippen LogP contribution >= 0.6 is 11.6 Å². The maximum Gasteiger partial charge on any atom is 0.224 e. The number of nitrogens with zero attached hydrogens (tertiary/aromatic N) is 2. The summed E-state index contributed by atoms with van der Waals surface area (Å²) in [4.78, 5) is 8.50. The minimum absolute atomic E-state index is 0.176.